The predicted molar refractivity (Wildman–Crippen MR) is 88.3 cm³/mol. The minimum atomic E-state index is 0. The van der Waals surface area contributed by atoms with E-state index >= 15 is 0 Å². The molecule has 2 bridgehead atoms. The number of piperidine rings is 1. The zero-order valence-corrected chi connectivity index (χ0v) is 13.7. The third-order valence-electron chi connectivity index (χ3n) is 5.95. The second-order valence-electron chi connectivity index (χ2n) is 7.10. The number of halogens is 1. The Labute approximate surface area is 134 Å². The van der Waals surface area contributed by atoms with Crippen LogP contribution < -0.4 is 5.73 Å². The van der Waals surface area contributed by atoms with Crippen molar-refractivity contribution in [3.05, 3.63) is 12.7 Å². The summed E-state index contributed by atoms with van der Waals surface area (Å²) in [5.41, 5.74) is 6.33. The first-order valence-corrected chi connectivity index (χ1v) is 8.36. The summed E-state index contributed by atoms with van der Waals surface area (Å²) < 4.78 is 0. The number of amides is 1. The summed E-state index contributed by atoms with van der Waals surface area (Å²) in [6.07, 6.45) is 10.1. The highest BCUT2D eigenvalue weighted by atomic mass is 35.5. The van der Waals surface area contributed by atoms with Crippen molar-refractivity contribution in [2.75, 3.05) is 13.1 Å². The Morgan fingerprint density at radius 3 is 2.19 bits per heavy atom. The van der Waals surface area contributed by atoms with Crippen LogP contribution in [0.3, 0.4) is 0 Å². The van der Waals surface area contributed by atoms with Crippen LogP contribution in [-0.4, -0.2) is 29.9 Å². The summed E-state index contributed by atoms with van der Waals surface area (Å²) in [4.78, 5) is 14.9. The maximum atomic E-state index is 12.7. The molecule has 1 saturated heterocycles. The zero-order chi connectivity index (χ0) is 14.1. The standard InChI is InChI=1S/C17H28N2O.ClH/c1-2-12-6-8-19(9-7-12)17(20)15-10-13-4-3-5-14(11-15)16(13)18;/h2,12-16H,1,3-11,18H2;1H. The molecule has 2 aliphatic carbocycles. The average molecular weight is 313 g/mol. The summed E-state index contributed by atoms with van der Waals surface area (Å²) in [5, 5.41) is 0. The number of carbonyl (C=O) groups excluding carboxylic acids is 1. The molecule has 4 heteroatoms. The van der Waals surface area contributed by atoms with Gasteiger partial charge in [-0.05, 0) is 56.3 Å². The lowest BCUT2D eigenvalue weighted by molar-refractivity contribution is -0.139. The first kappa shape index (κ1) is 16.8. The Bertz CT molecular complexity index is 365. The van der Waals surface area contributed by atoms with Gasteiger partial charge in [-0.3, -0.25) is 4.79 Å². The minimum absolute atomic E-state index is 0. The van der Waals surface area contributed by atoms with Crippen LogP contribution in [0.4, 0.5) is 0 Å². The van der Waals surface area contributed by atoms with E-state index in [-0.39, 0.29) is 18.3 Å². The Morgan fingerprint density at radius 1 is 1.10 bits per heavy atom. The van der Waals surface area contributed by atoms with E-state index in [0.29, 0.717) is 29.7 Å². The Hall–Kier alpha value is -0.540. The van der Waals surface area contributed by atoms with E-state index in [1.54, 1.807) is 0 Å². The second-order valence-corrected chi connectivity index (χ2v) is 7.10. The molecule has 2 N–H and O–H groups in total. The molecule has 1 amide bonds. The molecule has 0 spiro atoms. The van der Waals surface area contributed by atoms with Crippen molar-refractivity contribution in [1.29, 1.82) is 0 Å². The van der Waals surface area contributed by atoms with Gasteiger partial charge >= 0.3 is 0 Å². The zero-order valence-electron chi connectivity index (χ0n) is 12.9. The van der Waals surface area contributed by atoms with Gasteiger partial charge in [0.25, 0.3) is 0 Å². The topological polar surface area (TPSA) is 46.3 Å². The number of hydrogen-bond acceptors (Lipinski definition) is 2. The lowest BCUT2D eigenvalue weighted by atomic mass is 9.65. The van der Waals surface area contributed by atoms with Gasteiger partial charge in [0.15, 0.2) is 0 Å². The fraction of sp³-hybridized carbons (Fsp3) is 0.824. The molecule has 3 rings (SSSR count). The van der Waals surface area contributed by atoms with E-state index in [4.69, 9.17) is 5.73 Å². The molecule has 1 heterocycles. The van der Waals surface area contributed by atoms with Crippen LogP contribution in [0.2, 0.25) is 0 Å². The number of nitrogens with two attached hydrogens (primary N) is 1. The van der Waals surface area contributed by atoms with Crippen LogP contribution in [0, 0.1) is 23.7 Å². The molecule has 2 atom stereocenters. The van der Waals surface area contributed by atoms with Crippen LogP contribution >= 0.6 is 12.4 Å². The lowest BCUT2D eigenvalue weighted by Gasteiger charge is -2.45. The quantitative estimate of drug-likeness (QED) is 0.797. The van der Waals surface area contributed by atoms with Crippen molar-refractivity contribution in [2.45, 2.75) is 51.0 Å². The van der Waals surface area contributed by atoms with Gasteiger partial charge in [-0.1, -0.05) is 12.5 Å². The lowest BCUT2D eigenvalue weighted by Crippen LogP contribution is -2.50. The maximum absolute atomic E-state index is 12.7. The number of likely N-dealkylation sites (tertiary alicyclic amines) is 1. The largest absolute Gasteiger partial charge is 0.342 e. The van der Waals surface area contributed by atoms with Crippen LogP contribution in [0.1, 0.15) is 44.9 Å². The van der Waals surface area contributed by atoms with Gasteiger partial charge in [0.05, 0.1) is 0 Å². The average Bonchev–Trinajstić information content (AvgIpc) is 2.46. The number of allylic oxidation sites excluding steroid dienone is 1. The predicted octanol–water partition coefficient (Wildman–Crippen LogP) is 2.99. The summed E-state index contributed by atoms with van der Waals surface area (Å²) >= 11 is 0. The van der Waals surface area contributed by atoms with E-state index in [9.17, 15) is 4.79 Å². The van der Waals surface area contributed by atoms with Crippen LogP contribution in [0.5, 0.6) is 0 Å². The molecule has 3 fully saturated rings. The third kappa shape index (κ3) is 3.45. The van der Waals surface area contributed by atoms with E-state index in [1.165, 1.54) is 19.3 Å². The molecule has 0 aromatic heterocycles. The van der Waals surface area contributed by atoms with Crippen molar-refractivity contribution >= 4 is 18.3 Å². The molecule has 2 unspecified atom stereocenters. The second kappa shape index (κ2) is 7.15. The van der Waals surface area contributed by atoms with Crippen molar-refractivity contribution in [3.8, 4) is 0 Å². The molecule has 1 aliphatic heterocycles. The van der Waals surface area contributed by atoms with Crippen molar-refractivity contribution in [1.82, 2.24) is 4.90 Å². The highest BCUT2D eigenvalue weighted by molar-refractivity contribution is 5.85. The van der Waals surface area contributed by atoms with Crippen molar-refractivity contribution in [2.24, 2.45) is 29.4 Å². The third-order valence-corrected chi connectivity index (χ3v) is 5.95. The molecule has 0 aromatic carbocycles. The Kier molecular flexibility index (Phi) is 5.73. The molecular weight excluding hydrogens is 284 g/mol. The first-order chi connectivity index (χ1) is 9.69. The minimum Gasteiger partial charge on any atom is -0.342 e. The van der Waals surface area contributed by atoms with E-state index in [2.05, 4.69) is 11.5 Å². The number of rotatable bonds is 2. The van der Waals surface area contributed by atoms with Gasteiger partial charge in [-0.25, -0.2) is 0 Å². The normalized spacial score (nSPS) is 36.7. The van der Waals surface area contributed by atoms with Crippen LogP contribution in [-0.2, 0) is 4.79 Å². The van der Waals surface area contributed by atoms with E-state index in [1.807, 2.05) is 6.08 Å². The maximum Gasteiger partial charge on any atom is 0.225 e. The number of fused-ring (bicyclic) bond motifs is 2. The highest BCUT2D eigenvalue weighted by Crippen LogP contribution is 2.42. The molecule has 21 heavy (non-hydrogen) atoms. The number of nitrogens with zero attached hydrogens (tertiary/aromatic N) is 1. The van der Waals surface area contributed by atoms with Gasteiger partial charge in [0, 0.05) is 25.0 Å². The monoisotopic (exact) mass is 312 g/mol. The molecule has 3 aliphatic rings. The smallest absolute Gasteiger partial charge is 0.225 e. The van der Waals surface area contributed by atoms with Gasteiger partial charge in [-0.2, -0.15) is 0 Å². The van der Waals surface area contributed by atoms with E-state index in [0.717, 1.165) is 38.8 Å². The SMILES string of the molecule is C=CC1CCN(C(=O)C2CC3CCCC(C2)C3N)CC1.Cl. The first-order valence-electron chi connectivity index (χ1n) is 8.36. The molecule has 2 saturated carbocycles. The molecule has 120 valence electrons. The fourth-order valence-corrected chi connectivity index (χ4v) is 4.60. The molecule has 3 nitrogen and oxygen atoms in total. The van der Waals surface area contributed by atoms with Crippen molar-refractivity contribution < 1.29 is 4.79 Å². The number of carbonyl (C=O) groups is 1. The summed E-state index contributed by atoms with van der Waals surface area (Å²) in [5.74, 6) is 2.48. The van der Waals surface area contributed by atoms with Gasteiger partial charge in [0.2, 0.25) is 5.91 Å². The van der Waals surface area contributed by atoms with Crippen molar-refractivity contribution in [3.63, 3.8) is 0 Å². The molecular formula is C17H29ClN2O. The summed E-state index contributed by atoms with van der Waals surface area (Å²) in [6, 6.07) is 0.360. The Balaban J connectivity index is 0.00000161. The summed E-state index contributed by atoms with van der Waals surface area (Å²) in [7, 11) is 0. The van der Waals surface area contributed by atoms with Gasteiger partial charge < -0.3 is 10.6 Å². The molecule has 0 radical (unpaired) electrons. The fourth-order valence-electron chi connectivity index (χ4n) is 4.60. The highest BCUT2D eigenvalue weighted by Gasteiger charge is 2.41. The van der Waals surface area contributed by atoms with Gasteiger partial charge in [0.1, 0.15) is 0 Å². The van der Waals surface area contributed by atoms with Crippen LogP contribution in [0.25, 0.3) is 0 Å². The van der Waals surface area contributed by atoms with Crippen LogP contribution in [0.15, 0.2) is 12.7 Å². The molecule has 0 aromatic rings. The Morgan fingerprint density at radius 2 is 1.67 bits per heavy atom. The van der Waals surface area contributed by atoms with E-state index < -0.39 is 0 Å². The number of hydrogen-bond donors (Lipinski definition) is 1. The summed E-state index contributed by atoms with van der Waals surface area (Å²) in [6.45, 7) is 5.72. The van der Waals surface area contributed by atoms with Gasteiger partial charge in [-0.15, -0.1) is 19.0 Å².